The summed E-state index contributed by atoms with van der Waals surface area (Å²) in [6.07, 6.45) is 8.34. The summed E-state index contributed by atoms with van der Waals surface area (Å²) in [5.41, 5.74) is 0.679. The summed E-state index contributed by atoms with van der Waals surface area (Å²) in [6.45, 7) is 4.41. The van der Waals surface area contributed by atoms with E-state index in [0.717, 1.165) is 37.8 Å². The van der Waals surface area contributed by atoms with Crippen LogP contribution in [0.1, 0.15) is 60.7 Å². The minimum absolute atomic E-state index is 0.000919. The fourth-order valence-corrected chi connectivity index (χ4v) is 5.84. The molecule has 0 aromatic carbocycles. The fourth-order valence-electron chi connectivity index (χ4n) is 5.07. The Bertz CT molecular complexity index is 1820. The molecule has 5 aromatic rings. The molecule has 5 aromatic heterocycles. The summed E-state index contributed by atoms with van der Waals surface area (Å²) < 4.78 is 47.7. The van der Waals surface area contributed by atoms with Crippen LogP contribution in [0.2, 0.25) is 0 Å². The van der Waals surface area contributed by atoms with Crippen molar-refractivity contribution >= 4 is 22.9 Å². The zero-order valence-electron chi connectivity index (χ0n) is 23.3. The second-order valence-corrected chi connectivity index (χ2v) is 10.9. The topological polar surface area (TPSA) is 143 Å². The minimum Gasteiger partial charge on any atom is -0.396 e. The number of carbonyl (C=O) groups excluding carboxylic acids is 1. The van der Waals surface area contributed by atoms with Crippen LogP contribution in [-0.2, 0) is 11.3 Å². The standard InChI is InChI=1S/C28H27F2N7O5S/c1-3-40-18-6-4-17(5-7-18)37-12-20(25(35-37)24-19(29)8-9-23(30)34-24)32-26(38)21-14-43-27(33-21)16-10-31-36(11-16)13-22-15(2)41-28(39)42-22/h8-12,14,17-18H,3-7,13H2,1-2H3,(H,32,38). The van der Waals surface area contributed by atoms with Gasteiger partial charge in [-0.15, -0.1) is 11.3 Å². The summed E-state index contributed by atoms with van der Waals surface area (Å²) in [5.74, 6) is -2.25. The summed E-state index contributed by atoms with van der Waals surface area (Å²) in [6, 6.07) is 1.90. The number of carbonyl (C=O) groups is 1. The third-order valence-electron chi connectivity index (χ3n) is 7.19. The quantitative estimate of drug-likeness (QED) is 0.222. The molecule has 0 radical (unpaired) electrons. The van der Waals surface area contributed by atoms with Crippen molar-refractivity contribution in [2.24, 2.45) is 0 Å². The van der Waals surface area contributed by atoms with E-state index in [0.29, 0.717) is 28.7 Å². The Hall–Kier alpha value is -4.50. The number of aromatic nitrogens is 6. The molecule has 43 heavy (non-hydrogen) atoms. The van der Waals surface area contributed by atoms with Crippen molar-refractivity contribution in [3.8, 4) is 22.0 Å². The van der Waals surface area contributed by atoms with Crippen LogP contribution in [-0.4, -0.2) is 48.1 Å². The first-order valence-corrected chi connectivity index (χ1v) is 14.6. The van der Waals surface area contributed by atoms with Gasteiger partial charge < -0.3 is 18.9 Å². The lowest BCUT2D eigenvalue weighted by Gasteiger charge is -2.28. The number of hydrogen-bond acceptors (Lipinski definition) is 10. The van der Waals surface area contributed by atoms with Crippen molar-refractivity contribution in [3.63, 3.8) is 0 Å². The second-order valence-electron chi connectivity index (χ2n) is 10.1. The average molecular weight is 612 g/mol. The highest BCUT2D eigenvalue weighted by molar-refractivity contribution is 7.13. The van der Waals surface area contributed by atoms with Crippen LogP contribution in [0.3, 0.4) is 0 Å². The molecule has 1 amide bonds. The van der Waals surface area contributed by atoms with Crippen molar-refractivity contribution in [2.45, 2.75) is 58.2 Å². The van der Waals surface area contributed by atoms with Gasteiger partial charge in [-0.25, -0.2) is 19.2 Å². The third kappa shape index (κ3) is 6.17. The number of aryl methyl sites for hydroxylation is 1. The van der Waals surface area contributed by atoms with Crippen LogP contribution in [0.4, 0.5) is 14.5 Å². The Labute approximate surface area is 247 Å². The van der Waals surface area contributed by atoms with Crippen molar-refractivity contribution in [2.75, 3.05) is 11.9 Å². The van der Waals surface area contributed by atoms with Crippen LogP contribution in [0, 0.1) is 18.7 Å². The highest BCUT2D eigenvalue weighted by Crippen LogP contribution is 2.34. The molecule has 0 saturated heterocycles. The van der Waals surface area contributed by atoms with Crippen molar-refractivity contribution in [3.05, 3.63) is 75.7 Å². The van der Waals surface area contributed by atoms with Gasteiger partial charge in [-0.2, -0.15) is 14.6 Å². The molecule has 224 valence electrons. The maximum Gasteiger partial charge on any atom is 0.519 e. The normalized spacial score (nSPS) is 16.9. The summed E-state index contributed by atoms with van der Waals surface area (Å²) in [5, 5.41) is 13.7. The predicted octanol–water partition coefficient (Wildman–Crippen LogP) is 5.22. The lowest BCUT2D eigenvalue weighted by molar-refractivity contribution is 0.0260. The molecule has 0 unspecified atom stereocenters. The van der Waals surface area contributed by atoms with E-state index >= 15 is 0 Å². The summed E-state index contributed by atoms with van der Waals surface area (Å²) in [7, 11) is 0. The van der Waals surface area contributed by atoms with Crippen LogP contribution in [0.15, 0.2) is 49.7 Å². The van der Waals surface area contributed by atoms with Gasteiger partial charge in [0.05, 0.1) is 24.0 Å². The number of thiazole rings is 1. The molecule has 1 aliphatic rings. The maximum atomic E-state index is 14.8. The van der Waals surface area contributed by atoms with E-state index in [2.05, 4.69) is 25.5 Å². The van der Waals surface area contributed by atoms with Crippen LogP contribution in [0.5, 0.6) is 0 Å². The van der Waals surface area contributed by atoms with Gasteiger partial charge in [-0.3, -0.25) is 14.2 Å². The number of halogens is 2. The molecular formula is C28H27F2N7O5S. The Kier molecular flexibility index (Phi) is 7.99. The number of pyridine rings is 1. The molecular weight excluding hydrogens is 584 g/mol. The van der Waals surface area contributed by atoms with Gasteiger partial charge in [0.2, 0.25) is 5.95 Å². The summed E-state index contributed by atoms with van der Waals surface area (Å²) >= 11 is 1.23. The van der Waals surface area contributed by atoms with Gasteiger partial charge >= 0.3 is 5.82 Å². The fraction of sp³-hybridized carbons (Fsp3) is 0.357. The number of nitrogens with one attached hydrogen (secondary N) is 1. The van der Waals surface area contributed by atoms with E-state index in [-0.39, 0.29) is 41.5 Å². The number of amides is 1. The molecule has 0 spiro atoms. The van der Waals surface area contributed by atoms with Gasteiger partial charge in [0.25, 0.3) is 5.91 Å². The van der Waals surface area contributed by atoms with Gasteiger partial charge in [-0.1, -0.05) is 0 Å². The molecule has 15 heteroatoms. The van der Waals surface area contributed by atoms with Crippen LogP contribution < -0.4 is 11.1 Å². The number of rotatable bonds is 9. The minimum atomic E-state index is -0.866. The predicted molar refractivity (Wildman–Crippen MR) is 151 cm³/mol. The molecule has 1 aliphatic carbocycles. The van der Waals surface area contributed by atoms with Crippen LogP contribution in [0.25, 0.3) is 22.0 Å². The zero-order chi connectivity index (χ0) is 30.1. The molecule has 6 rings (SSSR count). The van der Waals surface area contributed by atoms with Gasteiger partial charge in [0, 0.05) is 29.9 Å². The van der Waals surface area contributed by atoms with Crippen molar-refractivity contribution in [1.82, 2.24) is 29.5 Å². The maximum absolute atomic E-state index is 14.8. The first kappa shape index (κ1) is 28.6. The SMILES string of the molecule is CCOC1CCC(n2cc(NC(=O)c3csc(-c4cnn(Cc5oc(=O)oc5C)c4)n3)c(-c3nc(F)ccc3F)n2)CC1. The highest BCUT2D eigenvalue weighted by atomic mass is 32.1. The smallest absolute Gasteiger partial charge is 0.396 e. The first-order valence-electron chi connectivity index (χ1n) is 13.7. The van der Waals surface area contributed by atoms with Gasteiger partial charge in [-0.05, 0) is 51.7 Å². The van der Waals surface area contributed by atoms with E-state index in [1.807, 2.05) is 6.92 Å². The van der Waals surface area contributed by atoms with Crippen molar-refractivity contribution in [1.29, 1.82) is 0 Å². The average Bonchev–Trinajstić information content (AvgIpc) is 3.78. The van der Waals surface area contributed by atoms with E-state index in [4.69, 9.17) is 13.6 Å². The first-order chi connectivity index (χ1) is 20.8. The van der Waals surface area contributed by atoms with E-state index < -0.39 is 23.5 Å². The number of ether oxygens (including phenoxy) is 1. The monoisotopic (exact) mass is 611 g/mol. The molecule has 1 fully saturated rings. The third-order valence-corrected chi connectivity index (χ3v) is 8.09. The Morgan fingerprint density at radius 2 is 1.95 bits per heavy atom. The molecule has 12 nitrogen and oxygen atoms in total. The number of hydrogen-bond donors (Lipinski definition) is 1. The molecule has 0 bridgehead atoms. The molecule has 1 N–H and O–H groups in total. The zero-order valence-corrected chi connectivity index (χ0v) is 24.1. The lowest BCUT2D eigenvalue weighted by Crippen LogP contribution is -2.24. The Morgan fingerprint density at radius 1 is 1.14 bits per heavy atom. The number of nitrogens with zero attached hydrogens (tertiary/aromatic N) is 6. The van der Waals surface area contributed by atoms with E-state index in [1.54, 1.807) is 40.3 Å². The molecule has 0 aliphatic heterocycles. The lowest BCUT2D eigenvalue weighted by atomic mass is 9.93. The Balaban J connectivity index is 1.22. The summed E-state index contributed by atoms with van der Waals surface area (Å²) in [4.78, 5) is 32.8. The molecule has 0 atom stereocenters. The Morgan fingerprint density at radius 3 is 2.70 bits per heavy atom. The van der Waals surface area contributed by atoms with Gasteiger partial charge in [0.15, 0.2) is 11.6 Å². The van der Waals surface area contributed by atoms with E-state index in [1.165, 1.54) is 11.3 Å². The molecule has 5 heterocycles. The molecule has 1 saturated carbocycles. The van der Waals surface area contributed by atoms with E-state index in [9.17, 15) is 18.4 Å². The van der Waals surface area contributed by atoms with Gasteiger partial charge in [0.1, 0.15) is 34.4 Å². The highest BCUT2D eigenvalue weighted by Gasteiger charge is 2.27. The number of anilines is 1. The van der Waals surface area contributed by atoms with Crippen molar-refractivity contribution < 1.29 is 27.1 Å². The van der Waals surface area contributed by atoms with Crippen LogP contribution >= 0.6 is 11.3 Å². The largest absolute Gasteiger partial charge is 0.519 e. The second kappa shape index (κ2) is 12.0.